The zero-order valence-corrected chi connectivity index (χ0v) is 12.4. The van der Waals surface area contributed by atoms with Crippen LogP contribution in [0.3, 0.4) is 0 Å². The third kappa shape index (κ3) is 7.69. The van der Waals surface area contributed by atoms with E-state index in [9.17, 15) is 4.79 Å². The molecule has 0 aromatic rings. The minimum atomic E-state index is -0.588. The lowest BCUT2D eigenvalue weighted by Gasteiger charge is -2.24. The highest BCUT2D eigenvalue weighted by Gasteiger charge is 2.23. The van der Waals surface area contributed by atoms with E-state index < -0.39 is 11.6 Å². The molecule has 6 nitrogen and oxygen atoms in total. The Morgan fingerprint density at radius 2 is 1.84 bits per heavy atom. The molecule has 0 saturated heterocycles. The smallest absolute Gasteiger partial charge is 0.358 e. The molecule has 5 N–H and O–H groups in total. The lowest BCUT2D eigenvalue weighted by atomic mass is 10.1. The van der Waals surface area contributed by atoms with Crippen LogP contribution in [-0.2, 0) is 9.53 Å². The summed E-state index contributed by atoms with van der Waals surface area (Å²) >= 11 is 0. The summed E-state index contributed by atoms with van der Waals surface area (Å²) in [5, 5.41) is 9.89. The molecule has 0 aliphatic rings. The van der Waals surface area contributed by atoms with Gasteiger partial charge in [-0.25, -0.2) is 10.6 Å². The number of carbonyl (C=O) groups is 1. The van der Waals surface area contributed by atoms with E-state index in [1.165, 1.54) is 5.01 Å². The summed E-state index contributed by atoms with van der Waals surface area (Å²) in [5.41, 5.74) is 5.94. The Bertz CT molecular complexity index is 320. The van der Waals surface area contributed by atoms with Gasteiger partial charge in [0.05, 0.1) is 0 Å². The molecule has 0 fully saturated rings. The van der Waals surface area contributed by atoms with Crippen molar-refractivity contribution in [1.29, 1.82) is 0 Å². The first-order valence-electron chi connectivity index (χ1n) is 6.50. The summed E-state index contributed by atoms with van der Waals surface area (Å²) < 4.78 is 5.27. The second-order valence-corrected chi connectivity index (χ2v) is 5.52. The van der Waals surface area contributed by atoms with E-state index in [-0.39, 0.29) is 12.3 Å². The molecule has 0 unspecified atom stereocenters. The number of likely N-dealkylation sites (N-methyl/N-ethyl adjacent to an activating group) is 1. The van der Waals surface area contributed by atoms with Gasteiger partial charge < -0.3 is 20.6 Å². The highest BCUT2D eigenvalue weighted by molar-refractivity contribution is 5.88. The molecule has 0 radical (unpaired) electrons. The van der Waals surface area contributed by atoms with Crippen LogP contribution in [0.4, 0.5) is 0 Å². The quantitative estimate of drug-likeness (QED) is 0.209. The number of aliphatic hydroxyl groups excluding tert-OH is 1. The number of esters is 1. The number of rotatable bonds is 7. The third-order valence-electron chi connectivity index (χ3n) is 2.35. The van der Waals surface area contributed by atoms with Crippen LogP contribution in [0.5, 0.6) is 0 Å². The molecule has 6 heteroatoms. The van der Waals surface area contributed by atoms with Gasteiger partial charge in [0.2, 0.25) is 0 Å². The molecule has 0 aliphatic heterocycles. The van der Waals surface area contributed by atoms with Crippen molar-refractivity contribution in [2.75, 3.05) is 13.7 Å². The average molecular weight is 273 g/mol. The van der Waals surface area contributed by atoms with Crippen LogP contribution in [0.1, 0.15) is 46.5 Å². The molecule has 0 aliphatic carbocycles. The Morgan fingerprint density at radius 3 is 2.26 bits per heavy atom. The lowest BCUT2D eigenvalue weighted by Crippen LogP contribution is -2.36. The van der Waals surface area contributed by atoms with E-state index in [1.807, 2.05) is 0 Å². The molecule has 19 heavy (non-hydrogen) atoms. The van der Waals surface area contributed by atoms with Gasteiger partial charge in [0, 0.05) is 19.4 Å². The van der Waals surface area contributed by atoms with Crippen LogP contribution in [0.15, 0.2) is 11.4 Å². The summed E-state index contributed by atoms with van der Waals surface area (Å²) in [7, 11) is 1.56. The second kappa shape index (κ2) is 8.01. The first-order valence-corrected chi connectivity index (χ1v) is 6.50. The number of allylic oxidation sites excluding steroid dienone is 1. The van der Waals surface area contributed by atoms with Crippen molar-refractivity contribution in [3.05, 3.63) is 11.4 Å². The molecule has 112 valence electrons. The molecule has 0 rings (SSSR count). The van der Waals surface area contributed by atoms with Crippen molar-refractivity contribution in [3.63, 3.8) is 0 Å². The largest absolute Gasteiger partial charge is 0.455 e. The lowest BCUT2D eigenvalue weighted by molar-refractivity contribution is -0.151. The van der Waals surface area contributed by atoms with Crippen LogP contribution in [0.25, 0.3) is 0 Å². The van der Waals surface area contributed by atoms with Gasteiger partial charge >= 0.3 is 5.97 Å². The molecule has 0 heterocycles. The van der Waals surface area contributed by atoms with Gasteiger partial charge in [-0.2, -0.15) is 0 Å². The number of hydrogen-bond donors (Lipinski definition) is 3. The monoisotopic (exact) mass is 273 g/mol. The fraction of sp³-hybridized carbons (Fsp3) is 0.769. The molecule has 0 amide bonds. The van der Waals surface area contributed by atoms with Crippen molar-refractivity contribution < 1.29 is 14.6 Å². The SMILES string of the molecule is CN(N)/C(C(=O)OC(C)(C)C)=C(\N)CCCCCO. The maximum Gasteiger partial charge on any atom is 0.358 e. The van der Waals surface area contributed by atoms with E-state index in [4.69, 9.17) is 21.4 Å². The molecule has 0 spiro atoms. The number of aliphatic hydroxyl groups is 1. The van der Waals surface area contributed by atoms with Gasteiger partial charge in [-0.3, -0.25) is 0 Å². The van der Waals surface area contributed by atoms with Crippen molar-refractivity contribution in [1.82, 2.24) is 5.01 Å². The summed E-state index contributed by atoms with van der Waals surface area (Å²) in [4.78, 5) is 12.0. The van der Waals surface area contributed by atoms with Crippen LogP contribution in [0.2, 0.25) is 0 Å². The molecule has 0 atom stereocenters. The van der Waals surface area contributed by atoms with Crippen molar-refractivity contribution >= 4 is 5.97 Å². The molecule has 0 aromatic heterocycles. The van der Waals surface area contributed by atoms with E-state index in [2.05, 4.69) is 0 Å². The number of nitrogens with two attached hydrogens (primary N) is 2. The fourth-order valence-corrected chi connectivity index (χ4v) is 1.55. The summed E-state index contributed by atoms with van der Waals surface area (Å²) in [6, 6.07) is 0. The average Bonchev–Trinajstić information content (AvgIpc) is 2.21. The van der Waals surface area contributed by atoms with Gasteiger partial charge in [-0.05, 0) is 40.0 Å². The van der Waals surface area contributed by atoms with Gasteiger partial charge in [0.1, 0.15) is 5.60 Å². The standard InChI is InChI=1S/C13H27N3O3/c1-13(2,3)19-12(18)11(16(4)15)10(14)8-6-5-7-9-17/h17H,5-9,14-15H2,1-4H3/b11-10-. The maximum atomic E-state index is 12.0. The van der Waals surface area contributed by atoms with E-state index in [1.54, 1.807) is 27.8 Å². The zero-order valence-electron chi connectivity index (χ0n) is 12.4. The number of unbranched alkanes of at least 4 members (excludes halogenated alkanes) is 2. The number of hydrogen-bond acceptors (Lipinski definition) is 6. The van der Waals surface area contributed by atoms with E-state index in [0.29, 0.717) is 12.1 Å². The Hall–Kier alpha value is -1.27. The predicted octanol–water partition coefficient (Wildman–Crippen LogP) is 0.857. The minimum Gasteiger partial charge on any atom is -0.455 e. The third-order valence-corrected chi connectivity index (χ3v) is 2.35. The van der Waals surface area contributed by atoms with Gasteiger partial charge in [-0.1, -0.05) is 6.42 Å². The van der Waals surface area contributed by atoms with Crippen molar-refractivity contribution in [2.45, 2.75) is 52.1 Å². The number of ether oxygens (including phenoxy) is 1. The van der Waals surface area contributed by atoms with Gasteiger partial charge in [0.25, 0.3) is 0 Å². The number of carbonyl (C=O) groups excluding carboxylic acids is 1. The zero-order chi connectivity index (χ0) is 15.1. The first kappa shape index (κ1) is 17.7. The minimum absolute atomic E-state index is 0.166. The summed E-state index contributed by atoms with van der Waals surface area (Å²) in [6.45, 7) is 5.53. The molecular formula is C13H27N3O3. The number of hydrazine groups is 1. The summed E-state index contributed by atoms with van der Waals surface area (Å²) in [6.07, 6.45) is 2.93. The Kier molecular flexibility index (Phi) is 7.48. The molecular weight excluding hydrogens is 246 g/mol. The first-order chi connectivity index (χ1) is 8.69. The Balaban J connectivity index is 4.72. The molecule has 0 bridgehead atoms. The normalized spacial score (nSPS) is 12.9. The summed E-state index contributed by atoms with van der Waals surface area (Å²) in [5.74, 6) is 5.13. The van der Waals surface area contributed by atoms with Crippen LogP contribution >= 0.6 is 0 Å². The van der Waals surface area contributed by atoms with Gasteiger partial charge in [0.15, 0.2) is 5.70 Å². The highest BCUT2D eigenvalue weighted by Crippen LogP contribution is 2.15. The van der Waals surface area contributed by atoms with Crippen molar-refractivity contribution in [3.8, 4) is 0 Å². The molecule has 0 saturated carbocycles. The van der Waals surface area contributed by atoms with Crippen LogP contribution < -0.4 is 11.6 Å². The second-order valence-electron chi connectivity index (χ2n) is 5.52. The fourth-order valence-electron chi connectivity index (χ4n) is 1.55. The topological polar surface area (TPSA) is 102 Å². The Morgan fingerprint density at radius 1 is 1.26 bits per heavy atom. The predicted molar refractivity (Wildman–Crippen MR) is 74.6 cm³/mol. The van der Waals surface area contributed by atoms with Gasteiger partial charge in [-0.15, -0.1) is 0 Å². The van der Waals surface area contributed by atoms with E-state index in [0.717, 1.165) is 19.3 Å². The van der Waals surface area contributed by atoms with Crippen LogP contribution in [-0.4, -0.2) is 35.3 Å². The van der Waals surface area contributed by atoms with Crippen molar-refractivity contribution in [2.24, 2.45) is 11.6 Å². The number of nitrogens with zero attached hydrogens (tertiary/aromatic N) is 1. The van der Waals surface area contributed by atoms with E-state index >= 15 is 0 Å². The Labute approximate surface area is 115 Å². The maximum absolute atomic E-state index is 12.0. The molecule has 0 aromatic carbocycles. The van der Waals surface area contributed by atoms with Crippen LogP contribution in [0, 0.1) is 0 Å². The highest BCUT2D eigenvalue weighted by atomic mass is 16.6.